The smallest absolute Gasteiger partial charge is 0.310 e. The van der Waals surface area contributed by atoms with Crippen molar-refractivity contribution in [3.63, 3.8) is 0 Å². The molecule has 17 heavy (non-hydrogen) atoms. The lowest BCUT2D eigenvalue weighted by molar-refractivity contribution is -0.152. The van der Waals surface area contributed by atoms with Gasteiger partial charge in [0, 0.05) is 13.1 Å². The van der Waals surface area contributed by atoms with Crippen molar-refractivity contribution in [1.82, 2.24) is 5.32 Å². The first-order chi connectivity index (χ1) is 8.09. The zero-order chi connectivity index (χ0) is 12.5. The van der Waals surface area contributed by atoms with E-state index in [1.54, 1.807) is 0 Å². The van der Waals surface area contributed by atoms with Crippen LogP contribution in [0.25, 0.3) is 0 Å². The molecule has 0 aromatic rings. The van der Waals surface area contributed by atoms with Gasteiger partial charge in [0.25, 0.3) is 0 Å². The number of carbonyl (C=O) groups excluding carboxylic acids is 1. The normalized spacial score (nSPS) is 41.7. The van der Waals surface area contributed by atoms with E-state index >= 15 is 0 Å². The molecule has 1 aliphatic carbocycles. The summed E-state index contributed by atoms with van der Waals surface area (Å²) in [5, 5.41) is 3.41. The second kappa shape index (κ2) is 4.97. The van der Waals surface area contributed by atoms with Crippen molar-refractivity contribution in [3.8, 4) is 0 Å². The Kier molecular flexibility index (Phi) is 3.76. The fourth-order valence-corrected chi connectivity index (χ4v) is 3.60. The van der Waals surface area contributed by atoms with Crippen molar-refractivity contribution in [1.29, 1.82) is 0 Å². The summed E-state index contributed by atoms with van der Waals surface area (Å²) in [6, 6.07) is 0. The number of hydrogen-bond donors (Lipinski definition) is 1. The maximum absolute atomic E-state index is 12.0. The largest absolute Gasteiger partial charge is 0.466 e. The lowest BCUT2D eigenvalue weighted by Gasteiger charge is -2.42. The predicted octanol–water partition coefficient (Wildman–Crippen LogP) is 2.21. The second-order valence-corrected chi connectivity index (χ2v) is 6.00. The molecule has 3 heteroatoms. The molecule has 2 rings (SSSR count). The summed E-state index contributed by atoms with van der Waals surface area (Å²) in [7, 11) is 0. The highest BCUT2D eigenvalue weighted by molar-refractivity contribution is 5.74. The molecule has 0 aromatic carbocycles. The Morgan fingerprint density at radius 2 is 2.18 bits per heavy atom. The number of nitrogens with one attached hydrogen (secondary N) is 1. The molecule has 0 radical (unpaired) electrons. The summed E-state index contributed by atoms with van der Waals surface area (Å²) in [6.45, 7) is 8.84. The monoisotopic (exact) mass is 239 g/mol. The molecule has 1 spiro atoms. The van der Waals surface area contributed by atoms with Crippen LogP contribution < -0.4 is 5.32 Å². The average Bonchev–Trinajstić information content (AvgIpc) is 2.68. The standard InChI is InChI=1S/C14H25NO2/c1-4-17-13(16)12-8-15-9-14(12)6-5-10(2)11(3)7-14/h10-12,15H,4-9H2,1-3H3. The van der Waals surface area contributed by atoms with Gasteiger partial charge in [-0.2, -0.15) is 0 Å². The van der Waals surface area contributed by atoms with Gasteiger partial charge in [0.2, 0.25) is 0 Å². The highest BCUT2D eigenvalue weighted by atomic mass is 16.5. The molecule has 0 aromatic heterocycles. The van der Waals surface area contributed by atoms with E-state index in [0.29, 0.717) is 6.61 Å². The van der Waals surface area contributed by atoms with Gasteiger partial charge in [-0.1, -0.05) is 13.8 Å². The van der Waals surface area contributed by atoms with Crippen LogP contribution in [0.5, 0.6) is 0 Å². The molecule has 4 unspecified atom stereocenters. The fraction of sp³-hybridized carbons (Fsp3) is 0.929. The third-order valence-electron chi connectivity index (χ3n) is 4.93. The lowest BCUT2D eigenvalue weighted by atomic mass is 9.62. The van der Waals surface area contributed by atoms with Crippen LogP contribution in [-0.4, -0.2) is 25.7 Å². The van der Waals surface area contributed by atoms with Gasteiger partial charge in [0.15, 0.2) is 0 Å². The SMILES string of the molecule is CCOC(=O)C1CNCC12CCC(C)C(C)C2. The predicted molar refractivity (Wildman–Crippen MR) is 67.6 cm³/mol. The molecule has 0 bridgehead atoms. The molecule has 2 fully saturated rings. The summed E-state index contributed by atoms with van der Waals surface area (Å²) in [5.74, 6) is 1.61. The quantitative estimate of drug-likeness (QED) is 0.751. The van der Waals surface area contributed by atoms with Crippen molar-refractivity contribution >= 4 is 5.97 Å². The Bertz CT molecular complexity index is 292. The highest BCUT2D eigenvalue weighted by Crippen LogP contribution is 2.49. The van der Waals surface area contributed by atoms with Crippen molar-refractivity contribution in [2.45, 2.75) is 40.0 Å². The Morgan fingerprint density at radius 3 is 2.82 bits per heavy atom. The van der Waals surface area contributed by atoms with Crippen LogP contribution in [0, 0.1) is 23.2 Å². The molecular weight excluding hydrogens is 214 g/mol. The van der Waals surface area contributed by atoms with E-state index < -0.39 is 0 Å². The molecule has 1 N–H and O–H groups in total. The van der Waals surface area contributed by atoms with Crippen LogP contribution >= 0.6 is 0 Å². The molecule has 1 aliphatic heterocycles. The van der Waals surface area contributed by atoms with Gasteiger partial charge >= 0.3 is 5.97 Å². The fourth-order valence-electron chi connectivity index (χ4n) is 3.60. The van der Waals surface area contributed by atoms with Crippen molar-refractivity contribution in [2.24, 2.45) is 23.2 Å². The van der Waals surface area contributed by atoms with Gasteiger partial charge in [0.05, 0.1) is 12.5 Å². The molecule has 98 valence electrons. The van der Waals surface area contributed by atoms with Crippen LogP contribution in [0.15, 0.2) is 0 Å². The summed E-state index contributed by atoms with van der Waals surface area (Å²) in [5.41, 5.74) is 0.179. The Hall–Kier alpha value is -0.570. The van der Waals surface area contributed by atoms with E-state index in [4.69, 9.17) is 4.74 Å². The topological polar surface area (TPSA) is 38.3 Å². The Morgan fingerprint density at radius 1 is 1.41 bits per heavy atom. The molecule has 4 atom stereocenters. The number of esters is 1. The van der Waals surface area contributed by atoms with Crippen molar-refractivity contribution in [2.75, 3.05) is 19.7 Å². The van der Waals surface area contributed by atoms with Crippen LogP contribution in [0.1, 0.15) is 40.0 Å². The summed E-state index contributed by atoms with van der Waals surface area (Å²) in [6.07, 6.45) is 3.60. The lowest BCUT2D eigenvalue weighted by Crippen LogP contribution is -2.41. The zero-order valence-corrected chi connectivity index (χ0v) is 11.3. The summed E-state index contributed by atoms with van der Waals surface area (Å²) in [4.78, 5) is 12.0. The van der Waals surface area contributed by atoms with Gasteiger partial charge in [0.1, 0.15) is 0 Å². The van der Waals surface area contributed by atoms with Gasteiger partial charge in [-0.05, 0) is 43.4 Å². The van der Waals surface area contributed by atoms with E-state index in [1.807, 2.05) is 6.92 Å². The van der Waals surface area contributed by atoms with E-state index in [1.165, 1.54) is 19.3 Å². The number of hydrogen-bond acceptors (Lipinski definition) is 3. The molecular formula is C14H25NO2. The van der Waals surface area contributed by atoms with E-state index in [0.717, 1.165) is 24.9 Å². The first-order valence-corrected chi connectivity index (χ1v) is 6.96. The van der Waals surface area contributed by atoms with Crippen LogP contribution in [0.4, 0.5) is 0 Å². The van der Waals surface area contributed by atoms with E-state index in [2.05, 4.69) is 19.2 Å². The van der Waals surface area contributed by atoms with Gasteiger partial charge < -0.3 is 10.1 Å². The maximum atomic E-state index is 12.0. The molecule has 1 saturated heterocycles. The molecule has 2 aliphatic rings. The van der Waals surface area contributed by atoms with Gasteiger partial charge in [-0.3, -0.25) is 4.79 Å². The minimum Gasteiger partial charge on any atom is -0.466 e. The summed E-state index contributed by atoms with van der Waals surface area (Å²) >= 11 is 0. The van der Waals surface area contributed by atoms with Gasteiger partial charge in [-0.25, -0.2) is 0 Å². The first kappa shape index (κ1) is 12.9. The van der Waals surface area contributed by atoms with Crippen LogP contribution in [-0.2, 0) is 9.53 Å². The number of rotatable bonds is 2. The minimum atomic E-state index is 0.0132. The minimum absolute atomic E-state index is 0.0132. The maximum Gasteiger partial charge on any atom is 0.310 e. The van der Waals surface area contributed by atoms with Crippen molar-refractivity contribution < 1.29 is 9.53 Å². The Balaban J connectivity index is 2.10. The second-order valence-electron chi connectivity index (χ2n) is 6.00. The zero-order valence-electron chi connectivity index (χ0n) is 11.3. The third kappa shape index (κ3) is 2.35. The molecule has 1 heterocycles. The van der Waals surface area contributed by atoms with Crippen molar-refractivity contribution in [3.05, 3.63) is 0 Å². The number of carbonyl (C=O) groups is 1. The highest BCUT2D eigenvalue weighted by Gasteiger charge is 2.50. The molecule has 3 nitrogen and oxygen atoms in total. The molecule has 0 amide bonds. The third-order valence-corrected chi connectivity index (χ3v) is 4.93. The number of ether oxygens (including phenoxy) is 1. The molecule has 1 saturated carbocycles. The average molecular weight is 239 g/mol. The van der Waals surface area contributed by atoms with Crippen LogP contribution in [0.3, 0.4) is 0 Å². The summed E-state index contributed by atoms with van der Waals surface area (Å²) < 4.78 is 5.24. The van der Waals surface area contributed by atoms with E-state index in [9.17, 15) is 4.79 Å². The van der Waals surface area contributed by atoms with Crippen LogP contribution in [0.2, 0.25) is 0 Å². The first-order valence-electron chi connectivity index (χ1n) is 6.96. The van der Waals surface area contributed by atoms with E-state index in [-0.39, 0.29) is 17.3 Å². The van der Waals surface area contributed by atoms with Gasteiger partial charge in [-0.15, -0.1) is 0 Å². The Labute approximate surface area is 104 Å².